The molecule has 0 unspecified atom stereocenters. The van der Waals surface area contributed by atoms with Crippen LogP contribution in [0.2, 0.25) is 0 Å². The van der Waals surface area contributed by atoms with Crippen LogP contribution < -0.4 is 0 Å². The number of aromatic nitrogens is 4. The van der Waals surface area contributed by atoms with Crippen LogP contribution in [-0.4, -0.2) is 35.9 Å². The number of aromatic amines is 1. The first-order valence-corrected chi connectivity index (χ1v) is 5.27. The van der Waals surface area contributed by atoms with E-state index >= 15 is 0 Å². The average Bonchev–Trinajstić information content (AvgIpc) is 2.32. The highest BCUT2D eigenvalue weighted by Gasteiger charge is 2.14. The molecule has 0 spiro atoms. The van der Waals surface area contributed by atoms with Gasteiger partial charge in [-0.25, -0.2) is 5.10 Å². The summed E-state index contributed by atoms with van der Waals surface area (Å²) in [6.45, 7) is 0. The lowest BCUT2D eigenvalue weighted by molar-refractivity contribution is 0.379. The van der Waals surface area contributed by atoms with Gasteiger partial charge in [-0.3, -0.25) is 4.57 Å². The van der Waals surface area contributed by atoms with E-state index in [9.17, 15) is 4.57 Å². The summed E-state index contributed by atoms with van der Waals surface area (Å²) in [4.78, 5) is 16.8. The third-order valence-corrected chi connectivity index (χ3v) is 3.00. The van der Waals surface area contributed by atoms with Crippen molar-refractivity contribution in [3.05, 3.63) is 0 Å². The molecule has 0 saturated carbocycles. The van der Waals surface area contributed by atoms with E-state index in [-0.39, 0.29) is 5.49 Å². The molecule has 62 valence electrons. The molecule has 3 N–H and O–H groups in total. The number of tetrazole rings is 1. The summed E-state index contributed by atoms with van der Waals surface area (Å²) in [6.07, 6.45) is 0. The summed E-state index contributed by atoms with van der Waals surface area (Å²) in [7, 11) is -3.96. The van der Waals surface area contributed by atoms with E-state index in [1.807, 2.05) is 0 Å². The summed E-state index contributed by atoms with van der Waals surface area (Å²) < 4.78 is 10.3. The van der Waals surface area contributed by atoms with Gasteiger partial charge < -0.3 is 9.79 Å². The van der Waals surface area contributed by atoms with Gasteiger partial charge in [0.1, 0.15) is 5.49 Å². The first-order valence-electron chi connectivity index (χ1n) is 2.49. The molecule has 0 aliphatic heterocycles. The molecule has 0 saturated heterocycles. The first-order chi connectivity index (χ1) is 5.08. The van der Waals surface area contributed by atoms with Crippen molar-refractivity contribution in [1.82, 2.24) is 20.6 Å². The minimum Gasteiger partial charge on any atom is -0.324 e. The fourth-order valence-electron chi connectivity index (χ4n) is 0.357. The van der Waals surface area contributed by atoms with Crippen LogP contribution >= 0.6 is 19.4 Å². The molecule has 0 fully saturated rings. The predicted octanol–water partition coefficient (Wildman–Crippen LogP) is -0.573. The number of nitrogens with zero attached hydrogens (tertiary/aromatic N) is 3. The second-order valence-electron chi connectivity index (χ2n) is 1.64. The van der Waals surface area contributed by atoms with E-state index in [2.05, 4.69) is 20.6 Å². The Bertz CT molecular complexity index is 256. The number of nitrogens with one attached hydrogen (secondary N) is 1. The Hall–Kier alpha value is -0.430. The van der Waals surface area contributed by atoms with Gasteiger partial charge in [0.05, 0.1) is 0 Å². The third kappa shape index (κ3) is 3.47. The van der Waals surface area contributed by atoms with Crippen LogP contribution in [-0.2, 0) is 4.57 Å². The zero-order valence-corrected chi connectivity index (χ0v) is 6.92. The SMILES string of the molecule is O=P(O)(O)CSc1nnn[nH]1. The lowest BCUT2D eigenvalue weighted by Crippen LogP contribution is -1.83. The van der Waals surface area contributed by atoms with Crippen LogP contribution in [0.1, 0.15) is 0 Å². The van der Waals surface area contributed by atoms with E-state index in [0.29, 0.717) is 5.16 Å². The normalized spacial score (nSPS) is 11.8. The largest absolute Gasteiger partial charge is 0.335 e. The summed E-state index contributed by atoms with van der Waals surface area (Å²) in [5.74, 6) is 0. The van der Waals surface area contributed by atoms with Crippen molar-refractivity contribution in [2.24, 2.45) is 0 Å². The van der Waals surface area contributed by atoms with E-state index in [4.69, 9.17) is 9.79 Å². The van der Waals surface area contributed by atoms with Crippen LogP contribution in [0.5, 0.6) is 0 Å². The number of H-pyrrole nitrogens is 1. The number of hydrogen-bond acceptors (Lipinski definition) is 5. The summed E-state index contributed by atoms with van der Waals surface area (Å²) in [6, 6.07) is 0. The summed E-state index contributed by atoms with van der Waals surface area (Å²) in [5.41, 5.74) is -0.316. The fraction of sp³-hybridized carbons (Fsp3) is 0.500. The zero-order valence-electron chi connectivity index (χ0n) is 5.21. The molecule has 0 aliphatic rings. The summed E-state index contributed by atoms with van der Waals surface area (Å²) in [5, 5.41) is 12.5. The van der Waals surface area contributed by atoms with Gasteiger partial charge >= 0.3 is 7.60 Å². The highest BCUT2D eigenvalue weighted by molar-refractivity contribution is 8.04. The van der Waals surface area contributed by atoms with Gasteiger partial charge in [0, 0.05) is 0 Å². The highest BCUT2D eigenvalue weighted by Crippen LogP contribution is 2.39. The Kier molecular flexibility index (Phi) is 2.61. The van der Waals surface area contributed by atoms with Crippen LogP contribution in [0.15, 0.2) is 5.16 Å². The number of thioether (sulfide) groups is 1. The van der Waals surface area contributed by atoms with Crippen molar-refractivity contribution in [3.8, 4) is 0 Å². The molecule has 11 heavy (non-hydrogen) atoms. The molecular formula is C2H5N4O3PS. The second-order valence-corrected chi connectivity index (χ2v) is 4.68. The quantitative estimate of drug-likeness (QED) is 0.438. The van der Waals surface area contributed by atoms with Gasteiger partial charge in [-0.05, 0) is 10.4 Å². The molecule has 9 heteroatoms. The number of rotatable bonds is 3. The molecular weight excluding hydrogens is 191 g/mol. The lowest BCUT2D eigenvalue weighted by atomic mass is 11.4. The molecule has 0 radical (unpaired) electrons. The van der Waals surface area contributed by atoms with Gasteiger partial charge in [-0.15, -0.1) is 5.10 Å². The Morgan fingerprint density at radius 3 is 2.82 bits per heavy atom. The van der Waals surface area contributed by atoms with Crippen molar-refractivity contribution in [1.29, 1.82) is 0 Å². The Balaban J connectivity index is 2.41. The van der Waals surface area contributed by atoms with E-state index in [0.717, 1.165) is 11.8 Å². The van der Waals surface area contributed by atoms with Crippen LogP contribution in [0, 0.1) is 0 Å². The Labute approximate surface area is 65.7 Å². The molecule has 0 aromatic carbocycles. The van der Waals surface area contributed by atoms with Crippen molar-refractivity contribution >= 4 is 19.4 Å². The molecule has 0 amide bonds. The molecule has 0 atom stereocenters. The van der Waals surface area contributed by atoms with Gasteiger partial charge in [-0.2, -0.15) is 0 Å². The maximum Gasteiger partial charge on any atom is 0.335 e. The van der Waals surface area contributed by atoms with E-state index in [1.54, 1.807) is 0 Å². The molecule has 1 aromatic heterocycles. The number of hydrogen-bond donors (Lipinski definition) is 3. The maximum atomic E-state index is 10.3. The molecule has 0 aliphatic carbocycles. The Morgan fingerprint density at radius 1 is 1.64 bits per heavy atom. The van der Waals surface area contributed by atoms with Gasteiger partial charge in [0.25, 0.3) is 0 Å². The molecule has 1 rings (SSSR count). The minimum absolute atomic E-state index is 0.299. The van der Waals surface area contributed by atoms with Crippen LogP contribution in [0.4, 0.5) is 0 Å². The summed E-state index contributed by atoms with van der Waals surface area (Å²) >= 11 is 0.879. The van der Waals surface area contributed by atoms with Crippen molar-refractivity contribution in [3.63, 3.8) is 0 Å². The second kappa shape index (κ2) is 3.31. The fourth-order valence-corrected chi connectivity index (χ4v) is 1.72. The molecule has 1 aromatic rings. The first kappa shape index (κ1) is 8.66. The smallest absolute Gasteiger partial charge is 0.324 e. The van der Waals surface area contributed by atoms with Crippen LogP contribution in [0.3, 0.4) is 0 Å². The lowest BCUT2D eigenvalue weighted by Gasteiger charge is -1.98. The van der Waals surface area contributed by atoms with E-state index in [1.165, 1.54) is 0 Å². The minimum atomic E-state index is -3.96. The van der Waals surface area contributed by atoms with Crippen molar-refractivity contribution < 1.29 is 14.4 Å². The molecule has 7 nitrogen and oxygen atoms in total. The van der Waals surface area contributed by atoms with Gasteiger partial charge in [0.2, 0.25) is 5.16 Å². The molecule has 1 heterocycles. The van der Waals surface area contributed by atoms with Gasteiger partial charge in [0.15, 0.2) is 0 Å². The topological polar surface area (TPSA) is 112 Å². The zero-order chi connectivity index (χ0) is 8.32. The monoisotopic (exact) mass is 196 g/mol. The highest BCUT2D eigenvalue weighted by atomic mass is 32.2. The predicted molar refractivity (Wildman–Crippen MR) is 36.9 cm³/mol. The standard InChI is InChI=1S/C2H5N4O3PS/c7-10(8,9)1-11-2-3-5-6-4-2/h1H2,(H2,7,8,9)(H,3,4,5,6). The van der Waals surface area contributed by atoms with E-state index < -0.39 is 7.60 Å². The van der Waals surface area contributed by atoms with Crippen LogP contribution in [0.25, 0.3) is 0 Å². The molecule has 0 bridgehead atoms. The Morgan fingerprint density at radius 2 is 2.36 bits per heavy atom. The van der Waals surface area contributed by atoms with Crippen molar-refractivity contribution in [2.45, 2.75) is 5.16 Å². The maximum absolute atomic E-state index is 10.3. The van der Waals surface area contributed by atoms with Crippen molar-refractivity contribution in [2.75, 3.05) is 5.49 Å². The third-order valence-electron chi connectivity index (χ3n) is 0.695. The van der Waals surface area contributed by atoms with Gasteiger partial charge in [-0.1, -0.05) is 11.8 Å². The average molecular weight is 196 g/mol.